The molecule has 0 bridgehead atoms. The van der Waals surface area contributed by atoms with Gasteiger partial charge in [-0.2, -0.15) is 0 Å². The van der Waals surface area contributed by atoms with Crippen molar-refractivity contribution in [3.05, 3.63) is 0 Å². The van der Waals surface area contributed by atoms with Crippen molar-refractivity contribution >= 4 is 5.91 Å². The molecule has 3 nitrogen and oxygen atoms in total. The summed E-state index contributed by atoms with van der Waals surface area (Å²) in [5, 5.41) is 12.8. The number of hydrogen-bond donors (Lipinski definition) is 2. The topological polar surface area (TPSA) is 49.3 Å². The van der Waals surface area contributed by atoms with Gasteiger partial charge in [-0.15, -0.1) is 0 Å². The first-order valence-corrected chi connectivity index (χ1v) is 7.55. The minimum Gasteiger partial charge on any atom is -0.394 e. The number of aliphatic hydroxyl groups excluding tert-OH is 1. The Morgan fingerprint density at radius 1 is 1.22 bits per heavy atom. The van der Waals surface area contributed by atoms with Gasteiger partial charge in [0.05, 0.1) is 12.1 Å². The second kappa shape index (κ2) is 6.05. The number of nitrogens with one attached hydrogen (secondary N) is 1. The lowest BCUT2D eigenvalue weighted by atomic mass is 9.77. The average Bonchev–Trinajstić information content (AvgIpc) is 2.85. The van der Waals surface area contributed by atoms with E-state index in [4.69, 9.17) is 0 Å². The van der Waals surface area contributed by atoms with Gasteiger partial charge in [0.1, 0.15) is 0 Å². The van der Waals surface area contributed by atoms with Gasteiger partial charge in [-0.1, -0.05) is 19.8 Å². The fourth-order valence-corrected chi connectivity index (χ4v) is 3.46. The zero-order chi connectivity index (χ0) is 13.0. The van der Waals surface area contributed by atoms with E-state index in [0.29, 0.717) is 12.3 Å². The molecule has 0 aromatic carbocycles. The van der Waals surface area contributed by atoms with Crippen molar-refractivity contribution in [2.24, 2.45) is 11.8 Å². The molecular weight excluding hydrogens is 226 g/mol. The number of aliphatic hydroxyl groups is 1. The molecule has 0 spiro atoms. The monoisotopic (exact) mass is 253 g/mol. The second-order valence-corrected chi connectivity index (χ2v) is 6.52. The molecular formula is C15H27NO2. The minimum absolute atomic E-state index is 0.0934. The molecule has 2 aliphatic rings. The van der Waals surface area contributed by atoms with E-state index in [1.54, 1.807) is 0 Å². The molecule has 0 unspecified atom stereocenters. The Balaban J connectivity index is 1.83. The minimum atomic E-state index is -0.317. The highest BCUT2D eigenvalue weighted by Gasteiger charge is 2.35. The summed E-state index contributed by atoms with van der Waals surface area (Å²) in [5.41, 5.74) is -0.317. The molecule has 2 N–H and O–H groups in total. The van der Waals surface area contributed by atoms with Crippen LogP contribution in [0.5, 0.6) is 0 Å². The van der Waals surface area contributed by atoms with E-state index in [2.05, 4.69) is 12.2 Å². The smallest absolute Gasteiger partial charge is 0.220 e. The third-order valence-electron chi connectivity index (χ3n) is 4.89. The van der Waals surface area contributed by atoms with Gasteiger partial charge in [0.15, 0.2) is 0 Å². The van der Waals surface area contributed by atoms with Gasteiger partial charge in [0, 0.05) is 6.42 Å². The molecule has 3 heteroatoms. The third-order valence-corrected chi connectivity index (χ3v) is 4.89. The van der Waals surface area contributed by atoms with E-state index in [0.717, 1.165) is 31.6 Å². The summed E-state index contributed by atoms with van der Waals surface area (Å²) in [6, 6.07) is 0. The van der Waals surface area contributed by atoms with Crippen molar-refractivity contribution in [2.45, 2.75) is 70.3 Å². The van der Waals surface area contributed by atoms with Crippen LogP contribution in [-0.2, 0) is 4.79 Å². The van der Waals surface area contributed by atoms with E-state index < -0.39 is 0 Å². The summed E-state index contributed by atoms with van der Waals surface area (Å²) in [6.45, 7) is 2.35. The molecule has 0 radical (unpaired) electrons. The first-order chi connectivity index (χ1) is 8.63. The molecule has 0 saturated heterocycles. The molecule has 18 heavy (non-hydrogen) atoms. The summed E-state index contributed by atoms with van der Waals surface area (Å²) in [5.74, 6) is 1.48. The highest BCUT2D eigenvalue weighted by Crippen LogP contribution is 2.32. The average molecular weight is 253 g/mol. The standard InChI is InChI=1S/C15H27NO2/c1-12-6-8-15(11-17,9-7-12)16-14(18)10-13-4-2-3-5-13/h12-13,17H,2-11H2,1H3,(H,16,18). The summed E-state index contributed by atoms with van der Waals surface area (Å²) in [6.07, 6.45) is 9.72. The summed E-state index contributed by atoms with van der Waals surface area (Å²) >= 11 is 0. The van der Waals surface area contributed by atoms with Crippen molar-refractivity contribution in [3.63, 3.8) is 0 Å². The van der Waals surface area contributed by atoms with Crippen LogP contribution in [0.2, 0.25) is 0 Å². The van der Waals surface area contributed by atoms with Crippen LogP contribution in [0.3, 0.4) is 0 Å². The number of carbonyl (C=O) groups excluding carboxylic acids is 1. The van der Waals surface area contributed by atoms with E-state index >= 15 is 0 Å². The van der Waals surface area contributed by atoms with Gasteiger partial charge in [-0.05, 0) is 50.4 Å². The predicted molar refractivity (Wildman–Crippen MR) is 72.2 cm³/mol. The lowest BCUT2D eigenvalue weighted by Gasteiger charge is -2.39. The van der Waals surface area contributed by atoms with E-state index in [1.165, 1.54) is 25.7 Å². The van der Waals surface area contributed by atoms with Gasteiger partial charge < -0.3 is 10.4 Å². The molecule has 0 aromatic heterocycles. The Labute approximate surface area is 110 Å². The number of amides is 1. The maximum atomic E-state index is 12.1. The number of hydrogen-bond acceptors (Lipinski definition) is 2. The number of rotatable bonds is 4. The Bertz CT molecular complexity index is 276. The van der Waals surface area contributed by atoms with E-state index in [-0.39, 0.29) is 18.1 Å². The van der Waals surface area contributed by atoms with Crippen LogP contribution in [-0.4, -0.2) is 23.2 Å². The highest BCUT2D eigenvalue weighted by atomic mass is 16.3. The SMILES string of the molecule is CC1CCC(CO)(NC(=O)CC2CCCC2)CC1. The Kier molecular flexibility index (Phi) is 4.66. The lowest BCUT2D eigenvalue weighted by molar-refractivity contribution is -0.125. The van der Waals surface area contributed by atoms with Gasteiger partial charge in [-0.3, -0.25) is 4.79 Å². The fourth-order valence-electron chi connectivity index (χ4n) is 3.46. The van der Waals surface area contributed by atoms with Crippen LogP contribution in [0.4, 0.5) is 0 Å². The molecule has 0 atom stereocenters. The van der Waals surface area contributed by atoms with Crippen molar-refractivity contribution in [2.75, 3.05) is 6.61 Å². The van der Waals surface area contributed by atoms with Crippen molar-refractivity contribution in [1.29, 1.82) is 0 Å². The van der Waals surface area contributed by atoms with E-state index in [9.17, 15) is 9.90 Å². The largest absolute Gasteiger partial charge is 0.394 e. The summed E-state index contributed by atoms with van der Waals surface area (Å²) < 4.78 is 0. The molecule has 1 amide bonds. The maximum Gasteiger partial charge on any atom is 0.220 e. The van der Waals surface area contributed by atoms with Gasteiger partial charge >= 0.3 is 0 Å². The molecule has 2 saturated carbocycles. The predicted octanol–water partition coefficient (Wildman–Crippen LogP) is 2.62. The molecule has 0 aromatic rings. The lowest BCUT2D eigenvalue weighted by Crippen LogP contribution is -2.53. The molecule has 2 fully saturated rings. The molecule has 104 valence electrons. The van der Waals surface area contributed by atoms with Gasteiger partial charge in [0.2, 0.25) is 5.91 Å². The first kappa shape index (κ1) is 13.9. The van der Waals surface area contributed by atoms with Crippen LogP contribution in [0.25, 0.3) is 0 Å². The third kappa shape index (κ3) is 3.47. The zero-order valence-corrected chi connectivity index (χ0v) is 11.6. The van der Waals surface area contributed by atoms with Gasteiger partial charge in [0.25, 0.3) is 0 Å². The van der Waals surface area contributed by atoms with Crippen molar-refractivity contribution < 1.29 is 9.90 Å². The molecule has 2 rings (SSSR count). The molecule has 2 aliphatic carbocycles. The van der Waals surface area contributed by atoms with Crippen LogP contribution < -0.4 is 5.32 Å². The molecule has 0 aliphatic heterocycles. The molecule has 0 heterocycles. The first-order valence-electron chi connectivity index (χ1n) is 7.55. The van der Waals surface area contributed by atoms with Crippen LogP contribution >= 0.6 is 0 Å². The summed E-state index contributed by atoms with van der Waals surface area (Å²) in [4.78, 5) is 12.1. The van der Waals surface area contributed by atoms with Crippen molar-refractivity contribution in [1.82, 2.24) is 5.32 Å². The van der Waals surface area contributed by atoms with Gasteiger partial charge in [-0.25, -0.2) is 0 Å². The van der Waals surface area contributed by atoms with Crippen LogP contribution in [0, 0.1) is 11.8 Å². The van der Waals surface area contributed by atoms with Crippen LogP contribution in [0.15, 0.2) is 0 Å². The maximum absolute atomic E-state index is 12.1. The Morgan fingerprint density at radius 2 is 1.83 bits per heavy atom. The summed E-state index contributed by atoms with van der Waals surface area (Å²) in [7, 11) is 0. The highest BCUT2D eigenvalue weighted by molar-refractivity contribution is 5.77. The number of carbonyl (C=O) groups is 1. The fraction of sp³-hybridized carbons (Fsp3) is 0.933. The van der Waals surface area contributed by atoms with Crippen LogP contribution in [0.1, 0.15) is 64.7 Å². The quantitative estimate of drug-likeness (QED) is 0.809. The van der Waals surface area contributed by atoms with E-state index in [1.807, 2.05) is 0 Å². The van der Waals surface area contributed by atoms with Crippen molar-refractivity contribution in [3.8, 4) is 0 Å². The normalized spacial score (nSPS) is 33.6. The second-order valence-electron chi connectivity index (χ2n) is 6.52. The zero-order valence-electron chi connectivity index (χ0n) is 11.6. The Morgan fingerprint density at radius 3 is 2.39 bits per heavy atom. The Hall–Kier alpha value is -0.570.